The van der Waals surface area contributed by atoms with Gasteiger partial charge in [0.15, 0.2) is 17.3 Å². The van der Waals surface area contributed by atoms with E-state index in [1.54, 1.807) is 19.4 Å². The van der Waals surface area contributed by atoms with Crippen molar-refractivity contribution in [1.82, 2.24) is 9.66 Å². The van der Waals surface area contributed by atoms with Crippen molar-refractivity contribution in [3.05, 3.63) is 113 Å². The second-order valence-corrected chi connectivity index (χ2v) is 13.3. The van der Waals surface area contributed by atoms with Crippen LogP contribution in [0.15, 0.2) is 90.0 Å². The molecule has 0 N–H and O–H groups in total. The highest BCUT2D eigenvalue weighted by molar-refractivity contribution is 9.11. The second kappa shape index (κ2) is 14.3. The van der Waals surface area contributed by atoms with Crippen molar-refractivity contribution < 1.29 is 14.2 Å². The highest BCUT2D eigenvalue weighted by atomic mass is 79.9. The van der Waals surface area contributed by atoms with Crippen molar-refractivity contribution in [3.8, 4) is 28.6 Å². The third-order valence-corrected chi connectivity index (χ3v) is 9.19. The van der Waals surface area contributed by atoms with Crippen molar-refractivity contribution in [1.29, 1.82) is 0 Å². The maximum absolute atomic E-state index is 13.9. The SMILES string of the molecule is CCOc1cc(C=Nn2c(-c3cc(C(C)C)c(OC)cc3C)nc3ccccc3c2=O)c(Br)cc1OCc1ccc(Br)cc1Br. The summed E-state index contributed by atoms with van der Waals surface area (Å²) in [6, 6.07) is 21.0. The molecule has 45 heavy (non-hydrogen) atoms. The molecule has 5 rings (SSSR count). The van der Waals surface area contributed by atoms with E-state index in [1.165, 1.54) is 4.68 Å². The van der Waals surface area contributed by atoms with E-state index in [9.17, 15) is 4.79 Å². The third-order valence-electron chi connectivity index (χ3n) is 7.27. The quantitative estimate of drug-likeness (QED) is 0.132. The Balaban J connectivity index is 1.59. The van der Waals surface area contributed by atoms with Gasteiger partial charge in [0.2, 0.25) is 0 Å². The summed E-state index contributed by atoms with van der Waals surface area (Å²) >= 11 is 10.8. The summed E-state index contributed by atoms with van der Waals surface area (Å²) in [5, 5.41) is 5.19. The molecule has 1 aromatic heterocycles. The Labute approximate surface area is 287 Å². The predicted molar refractivity (Wildman–Crippen MR) is 191 cm³/mol. The van der Waals surface area contributed by atoms with Crippen LogP contribution in [-0.4, -0.2) is 29.6 Å². The van der Waals surface area contributed by atoms with E-state index in [0.29, 0.717) is 47.0 Å². The minimum Gasteiger partial charge on any atom is -0.496 e. The molecule has 5 aromatic rings. The minimum atomic E-state index is -0.269. The predicted octanol–water partition coefficient (Wildman–Crippen LogP) is 9.65. The first-order chi connectivity index (χ1) is 21.6. The van der Waals surface area contributed by atoms with Crippen molar-refractivity contribution >= 4 is 64.9 Å². The van der Waals surface area contributed by atoms with E-state index in [1.807, 2.05) is 74.5 Å². The fraction of sp³-hybridized carbons (Fsp3) is 0.229. The highest BCUT2D eigenvalue weighted by Gasteiger charge is 2.19. The molecule has 0 atom stereocenters. The van der Waals surface area contributed by atoms with Crippen LogP contribution in [0.3, 0.4) is 0 Å². The third kappa shape index (κ3) is 7.18. The molecule has 0 spiro atoms. The fourth-order valence-electron chi connectivity index (χ4n) is 4.92. The molecule has 10 heteroatoms. The molecular weight excluding hydrogens is 766 g/mol. The van der Waals surface area contributed by atoms with Gasteiger partial charge in [0.05, 0.1) is 30.8 Å². The van der Waals surface area contributed by atoms with E-state index in [2.05, 4.69) is 61.6 Å². The van der Waals surface area contributed by atoms with Gasteiger partial charge in [0.1, 0.15) is 12.4 Å². The summed E-state index contributed by atoms with van der Waals surface area (Å²) in [7, 11) is 1.67. The molecular formula is C35H32Br3N3O4. The van der Waals surface area contributed by atoms with Gasteiger partial charge in [-0.1, -0.05) is 63.9 Å². The molecule has 0 aliphatic rings. The van der Waals surface area contributed by atoms with E-state index in [-0.39, 0.29) is 11.5 Å². The van der Waals surface area contributed by atoms with E-state index < -0.39 is 0 Å². The van der Waals surface area contributed by atoms with Gasteiger partial charge >= 0.3 is 0 Å². The summed E-state index contributed by atoms with van der Waals surface area (Å²) in [5.41, 5.74) is 4.77. The topological polar surface area (TPSA) is 74.9 Å². The Morgan fingerprint density at radius 2 is 1.69 bits per heavy atom. The molecule has 0 saturated heterocycles. The van der Waals surface area contributed by atoms with Gasteiger partial charge in [-0.05, 0) is 95.4 Å². The number of nitrogens with zero attached hydrogens (tertiary/aromatic N) is 3. The molecule has 1 heterocycles. The Hall–Kier alpha value is -3.47. The molecule has 0 unspecified atom stereocenters. The zero-order valence-electron chi connectivity index (χ0n) is 25.5. The van der Waals surface area contributed by atoms with Crippen LogP contribution in [0.5, 0.6) is 17.2 Å². The monoisotopic (exact) mass is 795 g/mol. The summed E-state index contributed by atoms with van der Waals surface area (Å²) < 4.78 is 21.8. The first-order valence-electron chi connectivity index (χ1n) is 14.4. The van der Waals surface area contributed by atoms with Crippen LogP contribution < -0.4 is 19.8 Å². The van der Waals surface area contributed by atoms with Crippen LogP contribution in [0, 0.1) is 6.92 Å². The summed E-state index contributed by atoms with van der Waals surface area (Å²) in [4.78, 5) is 18.8. The molecule has 7 nitrogen and oxygen atoms in total. The van der Waals surface area contributed by atoms with Crippen molar-refractivity contribution in [2.24, 2.45) is 5.10 Å². The Morgan fingerprint density at radius 1 is 0.933 bits per heavy atom. The zero-order valence-corrected chi connectivity index (χ0v) is 30.3. The van der Waals surface area contributed by atoms with Crippen molar-refractivity contribution in [2.75, 3.05) is 13.7 Å². The molecule has 0 bridgehead atoms. The number of aromatic nitrogens is 2. The number of ether oxygens (including phenoxy) is 3. The number of para-hydroxylation sites is 1. The summed E-state index contributed by atoms with van der Waals surface area (Å²) in [6.45, 7) is 8.90. The number of benzene rings is 4. The lowest BCUT2D eigenvalue weighted by molar-refractivity contribution is 0.268. The van der Waals surface area contributed by atoms with E-state index in [4.69, 9.17) is 24.3 Å². The number of hydrogen-bond acceptors (Lipinski definition) is 6. The maximum Gasteiger partial charge on any atom is 0.282 e. The van der Waals surface area contributed by atoms with Crippen LogP contribution in [0.4, 0.5) is 0 Å². The largest absolute Gasteiger partial charge is 0.496 e. The van der Waals surface area contributed by atoms with Crippen LogP contribution in [0.25, 0.3) is 22.3 Å². The molecule has 0 saturated carbocycles. The molecule has 0 aliphatic carbocycles. The molecule has 0 aliphatic heterocycles. The van der Waals surface area contributed by atoms with Gasteiger partial charge in [0.25, 0.3) is 5.56 Å². The van der Waals surface area contributed by atoms with Crippen LogP contribution in [-0.2, 0) is 6.61 Å². The van der Waals surface area contributed by atoms with Gasteiger partial charge in [-0.15, -0.1) is 0 Å². The number of aryl methyl sites for hydroxylation is 1. The Kier molecular flexibility index (Phi) is 10.5. The summed E-state index contributed by atoms with van der Waals surface area (Å²) in [5.74, 6) is 2.58. The smallest absolute Gasteiger partial charge is 0.282 e. The number of rotatable bonds is 10. The van der Waals surface area contributed by atoms with Gasteiger partial charge in [-0.25, -0.2) is 4.98 Å². The molecule has 4 aromatic carbocycles. The molecule has 0 fully saturated rings. The van der Waals surface area contributed by atoms with Crippen LogP contribution >= 0.6 is 47.8 Å². The Morgan fingerprint density at radius 3 is 2.40 bits per heavy atom. The van der Waals surface area contributed by atoms with Crippen LogP contribution in [0.1, 0.15) is 48.9 Å². The number of methoxy groups -OCH3 is 1. The van der Waals surface area contributed by atoms with Gasteiger partial charge in [-0.2, -0.15) is 9.78 Å². The summed E-state index contributed by atoms with van der Waals surface area (Å²) in [6.07, 6.45) is 1.63. The van der Waals surface area contributed by atoms with Gasteiger partial charge < -0.3 is 14.2 Å². The highest BCUT2D eigenvalue weighted by Crippen LogP contribution is 2.36. The number of hydrogen-bond donors (Lipinski definition) is 0. The van der Waals surface area contributed by atoms with Gasteiger partial charge in [-0.3, -0.25) is 4.79 Å². The average Bonchev–Trinajstić information content (AvgIpc) is 3.01. The van der Waals surface area contributed by atoms with Crippen molar-refractivity contribution in [3.63, 3.8) is 0 Å². The lowest BCUT2D eigenvalue weighted by Crippen LogP contribution is -2.21. The minimum absolute atomic E-state index is 0.196. The van der Waals surface area contributed by atoms with Crippen molar-refractivity contribution in [2.45, 2.75) is 40.2 Å². The van der Waals surface area contributed by atoms with Gasteiger partial charge in [0, 0.05) is 30.1 Å². The standard InChI is InChI=1S/C35H32Br3N3O4/c1-6-44-32-14-23(29(38)17-33(32)45-19-22-11-12-24(36)15-28(22)37)18-39-41-34(40-30-10-8-7-9-25(30)35(41)42)27-16-26(20(2)3)31(43-5)13-21(27)4/h7-18,20H,6,19H2,1-5H3. The fourth-order valence-corrected chi connectivity index (χ4v) is 6.50. The average molecular weight is 798 g/mol. The molecule has 232 valence electrons. The molecule has 0 amide bonds. The van der Waals surface area contributed by atoms with E-state index in [0.717, 1.165) is 41.4 Å². The normalized spacial score (nSPS) is 11.5. The first-order valence-corrected chi connectivity index (χ1v) is 16.8. The number of halogens is 3. The number of fused-ring (bicyclic) bond motifs is 1. The Bertz CT molecular complexity index is 1970. The van der Waals surface area contributed by atoms with Crippen LogP contribution in [0.2, 0.25) is 0 Å². The lowest BCUT2D eigenvalue weighted by atomic mass is 9.96. The first kappa shape index (κ1) is 32.9. The zero-order chi connectivity index (χ0) is 32.2. The molecule has 0 radical (unpaired) electrons. The maximum atomic E-state index is 13.9. The lowest BCUT2D eigenvalue weighted by Gasteiger charge is -2.17. The second-order valence-electron chi connectivity index (χ2n) is 10.7. The van der Waals surface area contributed by atoms with E-state index >= 15 is 0 Å².